The first-order valence-corrected chi connectivity index (χ1v) is 7.82. The van der Waals surface area contributed by atoms with Gasteiger partial charge in [0.15, 0.2) is 0 Å². The van der Waals surface area contributed by atoms with E-state index in [9.17, 15) is 13.2 Å². The number of hydrogen-bond acceptors (Lipinski definition) is 5. The van der Waals surface area contributed by atoms with Crippen molar-refractivity contribution in [1.82, 2.24) is 14.5 Å². The Labute approximate surface area is 120 Å². The van der Waals surface area contributed by atoms with Gasteiger partial charge < -0.3 is 4.74 Å². The predicted molar refractivity (Wildman–Crippen MR) is 72.6 cm³/mol. The molecule has 0 aromatic carbocycles. The molecule has 1 unspecified atom stereocenters. The second kappa shape index (κ2) is 6.02. The number of nitrogens with zero attached hydrogens (tertiary/aromatic N) is 2. The molecule has 1 aromatic rings. The van der Waals surface area contributed by atoms with Gasteiger partial charge in [-0.25, -0.2) is 13.1 Å². The van der Waals surface area contributed by atoms with Crippen LogP contribution in [0.1, 0.15) is 11.4 Å². The Morgan fingerprint density at radius 2 is 2.11 bits per heavy atom. The number of esters is 1. The SMILES string of the molecule is COC(=O)C(Br)CNS(=O)(=O)c1c(C)nn(C)c1C. The Hall–Kier alpha value is -0.930. The summed E-state index contributed by atoms with van der Waals surface area (Å²) in [7, 11) is -0.802. The maximum atomic E-state index is 12.2. The lowest BCUT2D eigenvalue weighted by Crippen LogP contribution is -2.34. The van der Waals surface area contributed by atoms with Crippen molar-refractivity contribution in [3.63, 3.8) is 0 Å². The van der Waals surface area contributed by atoms with E-state index in [2.05, 4.69) is 30.5 Å². The normalized spacial score (nSPS) is 13.3. The van der Waals surface area contributed by atoms with E-state index < -0.39 is 20.8 Å². The molecule has 9 heteroatoms. The number of aryl methyl sites for hydroxylation is 2. The lowest BCUT2D eigenvalue weighted by molar-refractivity contribution is -0.139. The minimum absolute atomic E-state index is 0.0945. The van der Waals surface area contributed by atoms with Gasteiger partial charge in [-0.1, -0.05) is 15.9 Å². The van der Waals surface area contributed by atoms with Gasteiger partial charge in [0, 0.05) is 13.6 Å². The van der Waals surface area contributed by atoms with Crippen LogP contribution in [0, 0.1) is 13.8 Å². The molecule has 0 saturated heterocycles. The molecule has 1 N–H and O–H groups in total. The number of ether oxygens (including phenoxy) is 1. The second-order valence-electron chi connectivity index (χ2n) is 3.97. The lowest BCUT2D eigenvalue weighted by Gasteiger charge is -2.10. The van der Waals surface area contributed by atoms with Crippen LogP contribution in [-0.4, -0.2) is 42.6 Å². The number of methoxy groups -OCH3 is 1. The third kappa shape index (κ3) is 3.54. The van der Waals surface area contributed by atoms with Crippen LogP contribution >= 0.6 is 15.9 Å². The summed E-state index contributed by atoms with van der Waals surface area (Å²) < 4.78 is 32.7. The molecule has 7 nitrogen and oxygen atoms in total. The first kappa shape index (κ1) is 16.1. The number of alkyl halides is 1. The molecule has 1 aromatic heterocycles. The molecule has 1 rings (SSSR count). The molecular weight excluding hydrogens is 338 g/mol. The number of rotatable bonds is 5. The summed E-state index contributed by atoms with van der Waals surface area (Å²) in [4.78, 5) is 10.6. The second-order valence-corrected chi connectivity index (χ2v) is 6.78. The molecule has 0 fully saturated rings. The van der Waals surface area contributed by atoms with E-state index in [-0.39, 0.29) is 11.4 Å². The van der Waals surface area contributed by atoms with E-state index in [1.165, 1.54) is 11.8 Å². The standard InChI is InChI=1S/C10H16BrN3O4S/c1-6-9(7(2)14(3)13-6)19(16,17)12-5-8(11)10(15)18-4/h8,12H,5H2,1-4H3. The van der Waals surface area contributed by atoms with Crippen molar-refractivity contribution in [1.29, 1.82) is 0 Å². The molecule has 1 atom stereocenters. The highest BCUT2D eigenvalue weighted by Crippen LogP contribution is 2.18. The minimum atomic E-state index is -3.71. The van der Waals surface area contributed by atoms with E-state index in [0.29, 0.717) is 11.4 Å². The number of aromatic nitrogens is 2. The molecule has 0 bridgehead atoms. The first-order chi connectivity index (χ1) is 8.70. The summed E-state index contributed by atoms with van der Waals surface area (Å²) in [5.74, 6) is -0.540. The topological polar surface area (TPSA) is 90.3 Å². The summed E-state index contributed by atoms with van der Waals surface area (Å²) in [5, 5.41) is 4.05. The molecule has 108 valence electrons. The molecule has 19 heavy (non-hydrogen) atoms. The summed E-state index contributed by atoms with van der Waals surface area (Å²) in [5.41, 5.74) is 0.950. The molecule has 0 aliphatic carbocycles. The third-order valence-corrected chi connectivity index (χ3v) is 4.99. The summed E-state index contributed by atoms with van der Waals surface area (Å²) in [6.45, 7) is 3.19. The van der Waals surface area contributed by atoms with Gasteiger partial charge in [0.1, 0.15) is 9.72 Å². The highest BCUT2D eigenvalue weighted by Gasteiger charge is 2.25. The fourth-order valence-electron chi connectivity index (χ4n) is 1.61. The van der Waals surface area contributed by atoms with Crippen molar-refractivity contribution in [2.45, 2.75) is 23.6 Å². The van der Waals surface area contributed by atoms with E-state index in [0.717, 1.165) is 0 Å². The fraction of sp³-hybridized carbons (Fsp3) is 0.600. The van der Waals surface area contributed by atoms with Crippen LogP contribution in [-0.2, 0) is 26.6 Å². The van der Waals surface area contributed by atoms with Gasteiger partial charge in [0.2, 0.25) is 10.0 Å². The summed E-state index contributed by atoms with van der Waals surface area (Å²) in [6, 6.07) is 0. The van der Waals surface area contributed by atoms with Crippen molar-refractivity contribution in [2.75, 3.05) is 13.7 Å². The molecule has 0 saturated carbocycles. The Balaban J connectivity index is 2.91. The number of halogens is 1. The number of carbonyl (C=O) groups excluding carboxylic acids is 1. The predicted octanol–water partition coefficient (Wildman–Crippen LogP) is 0.252. The molecule has 0 amide bonds. The molecule has 1 heterocycles. The lowest BCUT2D eigenvalue weighted by atomic mass is 10.4. The Morgan fingerprint density at radius 1 is 1.53 bits per heavy atom. The molecule has 0 spiro atoms. The summed E-state index contributed by atoms with van der Waals surface area (Å²) in [6.07, 6.45) is 0. The highest BCUT2D eigenvalue weighted by molar-refractivity contribution is 9.10. The Kier molecular flexibility index (Phi) is 5.11. The van der Waals surface area contributed by atoms with Crippen molar-refractivity contribution in [3.05, 3.63) is 11.4 Å². The zero-order valence-electron chi connectivity index (χ0n) is 11.1. The minimum Gasteiger partial charge on any atom is -0.468 e. The smallest absolute Gasteiger partial charge is 0.320 e. The van der Waals surface area contributed by atoms with Gasteiger partial charge in [-0.05, 0) is 13.8 Å². The van der Waals surface area contributed by atoms with Crippen LogP contribution in [0.25, 0.3) is 0 Å². The van der Waals surface area contributed by atoms with Crippen LogP contribution in [0.3, 0.4) is 0 Å². The average molecular weight is 354 g/mol. The monoisotopic (exact) mass is 353 g/mol. The fourth-order valence-corrected chi connectivity index (χ4v) is 3.65. The molecule has 0 aliphatic rings. The average Bonchev–Trinajstić information content (AvgIpc) is 2.59. The van der Waals surface area contributed by atoms with Gasteiger partial charge in [-0.15, -0.1) is 0 Å². The number of hydrogen-bond donors (Lipinski definition) is 1. The van der Waals surface area contributed by atoms with Crippen LogP contribution < -0.4 is 4.72 Å². The Bertz CT molecular complexity index is 582. The van der Waals surface area contributed by atoms with Crippen molar-refractivity contribution in [2.24, 2.45) is 7.05 Å². The van der Waals surface area contributed by atoms with Gasteiger partial charge in [0.05, 0.1) is 18.5 Å². The van der Waals surface area contributed by atoms with Gasteiger partial charge in [-0.2, -0.15) is 5.10 Å². The van der Waals surface area contributed by atoms with E-state index in [4.69, 9.17) is 0 Å². The highest BCUT2D eigenvalue weighted by atomic mass is 79.9. The maximum Gasteiger partial charge on any atom is 0.320 e. The molecule has 0 aliphatic heterocycles. The third-order valence-electron chi connectivity index (χ3n) is 2.62. The number of carbonyl (C=O) groups is 1. The number of nitrogens with one attached hydrogen (secondary N) is 1. The van der Waals surface area contributed by atoms with Gasteiger partial charge >= 0.3 is 5.97 Å². The van der Waals surface area contributed by atoms with Crippen molar-refractivity contribution >= 4 is 31.9 Å². The van der Waals surface area contributed by atoms with Crippen LogP contribution in [0.4, 0.5) is 0 Å². The van der Waals surface area contributed by atoms with Crippen LogP contribution in [0.5, 0.6) is 0 Å². The molecule has 0 radical (unpaired) electrons. The van der Waals surface area contributed by atoms with E-state index in [1.807, 2.05) is 0 Å². The number of sulfonamides is 1. The largest absolute Gasteiger partial charge is 0.468 e. The van der Waals surface area contributed by atoms with Gasteiger partial charge in [-0.3, -0.25) is 9.48 Å². The summed E-state index contributed by atoms with van der Waals surface area (Å²) >= 11 is 3.05. The van der Waals surface area contributed by atoms with Crippen molar-refractivity contribution in [3.8, 4) is 0 Å². The van der Waals surface area contributed by atoms with Crippen molar-refractivity contribution < 1.29 is 17.9 Å². The Morgan fingerprint density at radius 3 is 2.53 bits per heavy atom. The van der Waals surface area contributed by atoms with E-state index in [1.54, 1.807) is 20.9 Å². The van der Waals surface area contributed by atoms with Crippen LogP contribution in [0.15, 0.2) is 4.90 Å². The quantitative estimate of drug-likeness (QED) is 0.605. The maximum absolute atomic E-state index is 12.2. The van der Waals surface area contributed by atoms with Crippen LogP contribution in [0.2, 0.25) is 0 Å². The zero-order chi connectivity index (χ0) is 14.8. The first-order valence-electron chi connectivity index (χ1n) is 5.42. The zero-order valence-corrected chi connectivity index (χ0v) is 13.5. The van der Waals surface area contributed by atoms with E-state index >= 15 is 0 Å². The van der Waals surface area contributed by atoms with Gasteiger partial charge in [0.25, 0.3) is 0 Å². The molecular formula is C10H16BrN3O4S.